The minimum atomic E-state index is 0.566. The Morgan fingerprint density at radius 1 is 1.78 bits per heavy atom. The van der Waals surface area contributed by atoms with Gasteiger partial charge in [0.15, 0.2) is 0 Å². The van der Waals surface area contributed by atoms with E-state index < -0.39 is 0 Å². The van der Waals surface area contributed by atoms with Gasteiger partial charge in [-0.15, -0.1) is 0 Å². The zero-order chi connectivity index (χ0) is 6.69. The normalized spacial score (nSPS) is 30.7. The summed E-state index contributed by atoms with van der Waals surface area (Å²) < 4.78 is 5.24. The molecule has 1 unspecified atom stereocenters. The molecule has 0 spiro atoms. The predicted octanol–water partition coefficient (Wildman–Crippen LogP) is 0.541. The average molecular weight is 128 g/mol. The van der Waals surface area contributed by atoms with E-state index in [0.29, 0.717) is 6.04 Å². The van der Waals surface area contributed by atoms with Gasteiger partial charge in [0.25, 0.3) is 0 Å². The maximum Gasteiger partial charge on any atom is 0.0619 e. The predicted molar refractivity (Wildman–Crippen MR) is 37.2 cm³/mol. The number of rotatable bonds is 1. The van der Waals surface area contributed by atoms with Gasteiger partial charge in [0, 0.05) is 12.6 Å². The van der Waals surface area contributed by atoms with Gasteiger partial charge in [-0.2, -0.15) is 0 Å². The molecule has 0 aromatic carbocycles. The Balaban J connectivity index is 2.30. The first-order valence-corrected chi connectivity index (χ1v) is 3.45. The van der Waals surface area contributed by atoms with Crippen LogP contribution in [0.3, 0.4) is 0 Å². The van der Waals surface area contributed by atoms with Crippen LogP contribution in [0.15, 0.2) is 0 Å². The fraction of sp³-hybridized carbons (Fsp3) is 0.857. The second kappa shape index (κ2) is 3.18. The lowest BCUT2D eigenvalue weighted by molar-refractivity contribution is 0.00525. The second-order valence-corrected chi connectivity index (χ2v) is 2.46. The van der Waals surface area contributed by atoms with E-state index >= 15 is 0 Å². The summed E-state index contributed by atoms with van der Waals surface area (Å²) >= 11 is 0. The fourth-order valence-electron chi connectivity index (χ4n) is 1.09. The van der Waals surface area contributed by atoms with Crippen molar-refractivity contribution < 1.29 is 4.74 Å². The average Bonchev–Trinajstić information content (AvgIpc) is 1.89. The largest absolute Gasteiger partial charge is 0.379 e. The highest BCUT2D eigenvalue weighted by Crippen LogP contribution is 2.03. The van der Waals surface area contributed by atoms with Gasteiger partial charge in [-0.3, -0.25) is 4.90 Å². The van der Waals surface area contributed by atoms with E-state index in [-0.39, 0.29) is 0 Å². The highest BCUT2D eigenvalue weighted by Gasteiger charge is 2.15. The second-order valence-electron chi connectivity index (χ2n) is 2.46. The Bertz CT molecular complexity index is 85.0. The molecule has 1 saturated heterocycles. The number of hydrogen-bond donors (Lipinski definition) is 0. The fourth-order valence-corrected chi connectivity index (χ4v) is 1.09. The molecule has 0 aliphatic carbocycles. The molecule has 2 nitrogen and oxygen atoms in total. The molecule has 1 fully saturated rings. The van der Waals surface area contributed by atoms with Crippen LogP contribution in [0, 0.1) is 6.92 Å². The Hall–Kier alpha value is -0.0800. The van der Waals surface area contributed by atoms with Crippen LogP contribution in [-0.4, -0.2) is 37.2 Å². The molecule has 0 saturated carbocycles. The summed E-state index contributed by atoms with van der Waals surface area (Å²) in [6.45, 7) is 9.70. The Labute approximate surface area is 56.8 Å². The first-order chi connectivity index (χ1) is 4.34. The van der Waals surface area contributed by atoms with E-state index in [4.69, 9.17) is 4.74 Å². The molecule has 1 rings (SSSR count). The summed E-state index contributed by atoms with van der Waals surface area (Å²) in [5, 5.41) is 0. The van der Waals surface area contributed by atoms with Gasteiger partial charge in [0.1, 0.15) is 0 Å². The monoisotopic (exact) mass is 128 g/mol. The molecular weight excluding hydrogens is 114 g/mol. The van der Waals surface area contributed by atoms with E-state index in [1.54, 1.807) is 0 Å². The third-order valence-corrected chi connectivity index (χ3v) is 1.79. The van der Waals surface area contributed by atoms with Gasteiger partial charge in [-0.05, 0) is 20.4 Å². The summed E-state index contributed by atoms with van der Waals surface area (Å²) in [5.74, 6) is 0. The molecule has 1 aliphatic heterocycles. The third-order valence-electron chi connectivity index (χ3n) is 1.79. The third kappa shape index (κ3) is 1.66. The van der Waals surface area contributed by atoms with Crippen molar-refractivity contribution in [2.75, 3.05) is 26.3 Å². The van der Waals surface area contributed by atoms with Crippen molar-refractivity contribution in [3.05, 3.63) is 6.92 Å². The molecular formula is C7H14NO. The molecule has 0 amide bonds. The Morgan fingerprint density at radius 3 is 3.00 bits per heavy atom. The van der Waals surface area contributed by atoms with Crippen LogP contribution < -0.4 is 0 Å². The number of morpholine rings is 1. The van der Waals surface area contributed by atoms with Crippen LogP contribution in [0.2, 0.25) is 0 Å². The summed E-state index contributed by atoms with van der Waals surface area (Å²) in [7, 11) is 0. The molecule has 9 heavy (non-hydrogen) atoms. The standard InChI is InChI=1S/C7H14NO/c1-3-8-4-5-9-6-7(8)2/h7H,1,3-6H2,2H3. The molecule has 0 N–H and O–H groups in total. The molecule has 1 aliphatic rings. The Morgan fingerprint density at radius 2 is 2.56 bits per heavy atom. The Kier molecular flexibility index (Phi) is 2.49. The molecule has 1 radical (unpaired) electrons. The maximum absolute atomic E-state index is 5.24. The lowest BCUT2D eigenvalue weighted by Gasteiger charge is -2.31. The molecule has 1 atom stereocenters. The van der Waals surface area contributed by atoms with Gasteiger partial charge < -0.3 is 4.74 Å². The minimum absolute atomic E-state index is 0.566. The van der Waals surface area contributed by atoms with Crippen molar-refractivity contribution in [1.82, 2.24) is 4.90 Å². The number of ether oxygens (including phenoxy) is 1. The molecule has 0 aromatic heterocycles. The highest BCUT2D eigenvalue weighted by atomic mass is 16.5. The molecule has 1 heterocycles. The van der Waals surface area contributed by atoms with Crippen molar-refractivity contribution in [2.45, 2.75) is 13.0 Å². The number of nitrogens with zero attached hydrogens (tertiary/aromatic N) is 1. The van der Waals surface area contributed by atoms with E-state index in [9.17, 15) is 0 Å². The SMILES string of the molecule is [CH2]CN1CCOCC1C. The van der Waals surface area contributed by atoms with Gasteiger partial charge >= 0.3 is 0 Å². The van der Waals surface area contributed by atoms with Crippen LogP contribution in [-0.2, 0) is 4.74 Å². The minimum Gasteiger partial charge on any atom is -0.379 e. The van der Waals surface area contributed by atoms with Crippen molar-refractivity contribution in [2.24, 2.45) is 0 Å². The smallest absolute Gasteiger partial charge is 0.0619 e. The maximum atomic E-state index is 5.24. The summed E-state index contributed by atoms with van der Waals surface area (Å²) in [4.78, 5) is 2.32. The zero-order valence-corrected chi connectivity index (χ0v) is 5.97. The van der Waals surface area contributed by atoms with E-state index in [0.717, 1.165) is 26.3 Å². The first kappa shape index (κ1) is 7.03. The van der Waals surface area contributed by atoms with Crippen molar-refractivity contribution in [3.63, 3.8) is 0 Å². The summed E-state index contributed by atoms with van der Waals surface area (Å²) in [6, 6.07) is 0.566. The zero-order valence-electron chi connectivity index (χ0n) is 5.97. The van der Waals surface area contributed by atoms with Crippen LogP contribution in [0.4, 0.5) is 0 Å². The molecule has 53 valence electrons. The van der Waals surface area contributed by atoms with Crippen molar-refractivity contribution >= 4 is 0 Å². The molecule has 2 heteroatoms. The van der Waals surface area contributed by atoms with Crippen LogP contribution in [0.5, 0.6) is 0 Å². The van der Waals surface area contributed by atoms with Gasteiger partial charge in [0.05, 0.1) is 13.2 Å². The molecule has 0 bridgehead atoms. The lowest BCUT2D eigenvalue weighted by Crippen LogP contribution is -2.43. The molecule has 0 aromatic rings. The quantitative estimate of drug-likeness (QED) is 0.511. The highest BCUT2D eigenvalue weighted by molar-refractivity contribution is 4.70. The topological polar surface area (TPSA) is 12.5 Å². The van der Waals surface area contributed by atoms with Gasteiger partial charge in [-0.1, -0.05) is 0 Å². The summed E-state index contributed by atoms with van der Waals surface area (Å²) in [6.07, 6.45) is 0. The van der Waals surface area contributed by atoms with Crippen LogP contribution >= 0.6 is 0 Å². The van der Waals surface area contributed by atoms with E-state index in [2.05, 4.69) is 18.7 Å². The van der Waals surface area contributed by atoms with Crippen molar-refractivity contribution in [3.8, 4) is 0 Å². The van der Waals surface area contributed by atoms with Gasteiger partial charge in [0.2, 0.25) is 0 Å². The van der Waals surface area contributed by atoms with Crippen molar-refractivity contribution in [1.29, 1.82) is 0 Å². The number of hydrogen-bond acceptors (Lipinski definition) is 2. The van der Waals surface area contributed by atoms with Gasteiger partial charge in [-0.25, -0.2) is 0 Å². The van der Waals surface area contributed by atoms with Crippen LogP contribution in [0.1, 0.15) is 6.92 Å². The van der Waals surface area contributed by atoms with E-state index in [1.807, 2.05) is 0 Å². The van der Waals surface area contributed by atoms with Crippen LogP contribution in [0.25, 0.3) is 0 Å². The first-order valence-electron chi connectivity index (χ1n) is 3.45. The lowest BCUT2D eigenvalue weighted by atomic mass is 10.2. The van der Waals surface area contributed by atoms with E-state index in [1.165, 1.54) is 0 Å². The summed E-state index contributed by atoms with van der Waals surface area (Å²) in [5.41, 5.74) is 0.